The first-order valence-corrected chi connectivity index (χ1v) is 13.1. The lowest BCUT2D eigenvalue weighted by atomic mass is 9.81. The molecule has 37 heavy (non-hydrogen) atoms. The first-order chi connectivity index (χ1) is 17.3. The predicted octanol–water partition coefficient (Wildman–Crippen LogP) is 6.48. The van der Waals surface area contributed by atoms with E-state index in [1.807, 2.05) is 61.5 Å². The zero-order valence-corrected chi connectivity index (χ0v) is 23.3. The van der Waals surface area contributed by atoms with Gasteiger partial charge in [0.2, 0.25) is 0 Å². The summed E-state index contributed by atoms with van der Waals surface area (Å²) < 4.78 is 11.5. The summed E-state index contributed by atoms with van der Waals surface area (Å²) in [6, 6.07) is 15.6. The zero-order chi connectivity index (χ0) is 27.6. The van der Waals surface area contributed by atoms with Crippen LogP contribution in [-0.4, -0.2) is 35.0 Å². The molecule has 0 heterocycles. The van der Waals surface area contributed by atoms with Crippen molar-refractivity contribution in [1.29, 1.82) is 0 Å². The van der Waals surface area contributed by atoms with E-state index in [9.17, 15) is 14.7 Å². The largest absolute Gasteiger partial charge is 0.480 e. The van der Waals surface area contributed by atoms with Crippen LogP contribution in [-0.2, 0) is 16.1 Å². The maximum absolute atomic E-state index is 12.4. The second kappa shape index (κ2) is 13.5. The van der Waals surface area contributed by atoms with Crippen LogP contribution < -0.4 is 15.4 Å². The Morgan fingerprint density at radius 3 is 2.05 bits per heavy atom. The Morgan fingerprint density at radius 1 is 0.919 bits per heavy atom. The minimum absolute atomic E-state index is 0.0705. The van der Waals surface area contributed by atoms with Gasteiger partial charge in [-0.3, -0.25) is 5.32 Å². The quantitative estimate of drug-likeness (QED) is 0.266. The third kappa shape index (κ3) is 10.4. The molecule has 0 fully saturated rings. The standard InChI is InChI=1S/C30H44N2O5/c1-8-24(26(27(33)34)31-28(35)36-19-21-13-11-10-12-14-21)22-15-17-23(18-16-22)37-25(9-2)32-30(6,7)20-29(3,4)5/h10-18,24-26,32H,8-9,19-20H2,1-7H3,(H,31,35)(H,33,34). The summed E-state index contributed by atoms with van der Waals surface area (Å²) in [5, 5.41) is 16.0. The van der Waals surface area contributed by atoms with Crippen molar-refractivity contribution in [1.82, 2.24) is 10.6 Å². The Hall–Kier alpha value is -3.06. The number of hydrogen-bond donors (Lipinski definition) is 3. The molecule has 2 rings (SSSR count). The van der Waals surface area contributed by atoms with Gasteiger partial charge in [-0.05, 0) is 61.8 Å². The highest BCUT2D eigenvalue weighted by atomic mass is 16.5. The lowest BCUT2D eigenvalue weighted by molar-refractivity contribution is -0.140. The SMILES string of the molecule is CCC(NC(C)(C)CC(C)(C)C)Oc1ccc(C(CC)C(NC(=O)OCc2ccccc2)C(=O)O)cc1. The van der Waals surface area contributed by atoms with E-state index in [0.29, 0.717) is 12.2 Å². The Balaban J connectivity index is 2.05. The lowest BCUT2D eigenvalue weighted by Crippen LogP contribution is -2.50. The molecule has 0 aliphatic carbocycles. The number of rotatable bonds is 13. The molecule has 2 aromatic carbocycles. The molecule has 3 N–H and O–H groups in total. The van der Waals surface area contributed by atoms with Crippen LogP contribution in [0.4, 0.5) is 4.79 Å². The highest BCUT2D eigenvalue weighted by Crippen LogP contribution is 2.29. The third-order valence-electron chi connectivity index (χ3n) is 6.08. The minimum Gasteiger partial charge on any atom is -0.480 e. The Bertz CT molecular complexity index is 983. The number of aliphatic carboxylic acids is 1. The number of carboxylic acids is 1. The average Bonchev–Trinajstić information content (AvgIpc) is 2.82. The van der Waals surface area contributed by atoms with E-state index in [0.717, 1.165) is 24.0 Å². The number of ether oxygens (including phenoxy) is 2. The van der Waals surface area contributed by atoms with Crippen molar-refractivity contribution in [3.8, 4) is 5.75 Å². The highest BCUT2D eigenvalue weighted by Gasteiger charge is 2.31. The third-order valence-corrected chi connectivity index (χ3v) is 6.08. The van der Waals surface area contributed by atoms with Crippen molar-refractivity contribution < 1.29 is 24.2 Å². The van der Waals surface area contributed by atoms with Gasteiger partial charge >= 0.3 is 12.1 Å². The summed E-state index contributed by atoms with van der Waals surface area (Å²) in [6.45, 7) is 15.1. The van der Waals surface area contributed by atoms with Gasteiger partial charge in [-0.15, -0.1) is 0 Å². The van der Waals surface area contributed by atoms with Crippen LogP contribution in [0.15, 0.2) is 54.6 Å². The molecule has 0 saturated heterocycles. The van der Waals surface area contributed by atoms with Crippen molar-refractivity contribution in [3.05, 3.63) is 65.7 Å². The van der Waals surface area contributed by atoms with E-state index in [2.05, 4.69) is 52.2 Å². The summed E-state index contributed by atoms with van der Waals surface area (Å²) >= 11 is 0. The topological polar surface area (TPSA) is 96.9 Å². The summed E-state index contributed by atoms with van der Waals surface area (Å²) in [5.74, 6) is -0.839. The monoisotopic (exact) mass is 512 g/mol. The summed E-state index contributed by atoms with van der Waals surface area (Å²) in [4.78, 5) is 24.4. The molecule has 0 radical (unpaired) electrons. The zero-order valence-electron chi connectivity index (χ0n) is 23.3. The number of carbonyl (C=O) groups is 2. The van der Waals surface area contributed by atoms with Crippen LogP contribution >= 0.6 is 0 Å². The number of amides is 1. The van der Waals surface area contributed by atoms with Gasteiger partial charge in [-0.1, -0.05) is 77.1 Å². The molecule has 1 amide bonds. The molecule has 0 aromatic heterocycles. The van der Waals surface area contributed by atoms with E-state index in [1.165, 1.54) is 0 Å². The van der Waals surface area contributed by atoms with E-state index in [4.69, 9.17) is 9.47 Å². The van der Waals surface area contributed by atoms with Gasteiger partial charge in [-0.25, -0.2) is 9.59 Å². The fourth-order valence-electron chi connectivity index (χ4n) is 4.88. The smallest absolute Gasteiger partial charge is 0.408 e. The maximum atomic E-state index is 12.4. The number of alkyl carbamates (subject to hydrolysis) is 1. The van der Waals surface area contributed by atoms with Crippen molar-refractivity contribution in [2.45, 2.75) is 98.1 Å². The summed E-state index contributed by atoms with van der Waals surface area (Å²) in [6.07, 6.45) is 1.40. The van der Waals surface area contributed by atoms with Crippen LogP contribution in [0.2, 0.25) is 0 Å². The molecule has 7 heteroatoms. The fraction of sp³-hybridized carbons (Fsp3) is 0.533. The first-order valence-electron chi connectivity index (χ1n) is 13.1. The van der Waals surface area contributed by atoms with Crippen molar-refractivity contribution >= 4 is 12.1 Å². The normalized spacial score (nSPS) is 14.4. The van der Waals surface area contributed by atoms with Gasteiger partial charge in [0, 0.05) is 11.5 Å². The second-order valence-electron chi connectivity index (χ2n) is 11.4. The van der Waals surface area contributed by atoms with Crippen LogP contribution in [0.3, 0.4) is 0 Å². The number of benzene rings is 2. The van der Waals surface area contributed by atoms with Crippen molar-refractivity contribution in [2.24, 2.45) is 5.41 Å². The van der Waals surface area contributed by atoms with E-state index in [1.54, 1.807) is 0 Å². The molecule has 3 unspecified atom stereocenters. The van der Waals surface area contributed by atoms with Crippen molar-refractivity contribution in [3.63, 3.8) is 0 Å². The molecule has 7 nitrogen and oxygen atoms in total. The van der Waals surface area contributed by atoms with Crippen LogP contribution in [0.25, 0.3) is 0 Å². The minimum atomic E-state index is -1.12. The maximum Gasteiger partial charge on any atom is 0.408 e. The average molecular weight is 513 g/mol. The molecule has 3 atom stereocenters. The molecule has 2 aromatic rings. The van der Waals surface area contributed by atoms with Crippen LogP contribution in [0.1, 0.15) is 84.8 Å². The van der Waals surface area contributed by atoms with Gasteiger partial charge in [-0.2, -0.15) is 0 Å². The first kappa shape index (κ1) is 30.2. The number of carbonyl (C=O) groups excluding carboxylic acids is 1. The molecule has 0 aliphatic rings. The van der Waals surface area contributed by atoms with E-state index in [-0.39, 0.29) is 23.8 Å². The van der Waals surface area contributed by atoms with Gasteiger partial charge < -0.3 is 19.9 Å². The Morgan fingerprint density at radius 2 is 1.54 bits per heavy atom. The summed E-state index contributed by atoms with van der Waals surface area (Å²) in [5.41, 5.74) is 1.73. The van der Waals surface area contributed by atoms with Gasteiger partial charge in [0.1, 0.15) is 24.6 Å². The number of hydrogen-bond acceptors (Lipinski definition) is 5. The fourth-order valence-corrected chi connectivity index (χ4v) is 4.88. The Kier molecular flexibility index (Phi) is 11.0. The Labute approximate surface area is 222 Å². The molecule has 0 saturated carbocycles. The lowest BCUT2D eigenvalue weighted by Gasteiger charge is -2.36. The van der Waals surface area contributed by atoms with Gasteiger partial charge in [0.25, 0.3) is 0 Å². The van der Waals surface area contributed by atoms with Gasteiger partial charge in [0.15, 0.2) is 0 Å². The number of nitrogens with one attached hydrogen (secondary N) is 2. The highest BCUT2D eigenvalue weighted by molar-refractivity contribution is 5.81. The second-order valence-corrected chi connectivity index (χ2v) is 11.4. The molecule has 0 aliphatic heterocycles. The predicted molar refractivity (Wildman–Crippen MR) is 147 cm³/mol. The van der Waals surface area contributed by atoms with Crippen LogP contribution in [0, 0.1) is 5.41 Å². The molecular weight excluding hydrogens is 468 g/mol. The number of carboxylic acid groups (broad SMARTS) is 1. The van der Waals surface area contributed by atoms with Crippen molar-refractivity contribution in [2.75, 3.05) is 0 Å². The molecule has 204 valence electrons. The van der Waals surface area contributed by atoms with E-state index >= 15 is 0 Å². The molecule has 0 spiro atoms. The molecule has 0 bridgehead atoms. The van der Waals surface area contributed by atoms with E-state index < -0.39 is 24.0 Å². The summed E-state index contributed by atoms with van der Waals surface area (Å²) in [7, 11) is 0. The molecular formula is C30H44N2O5. The van der Waals surface area contributed by atoms with Crippen LogP contribution in [0.5, 0.6) is 5.75 Å². The van der Waals surface area contributed by atoms with Gasteiger partial charge in [0.05, 0.1) is 0 Å².